The summed E-state index contributed by atoms with van der Waals surface area (Å²) in [5.41, 5.74) is 7.95. The van der Waals surface area contributed by atoms with Crippen molar-refractivity contribution in [2.45, 2.75) is 9.79 Å². The number of rotatable bonds is 2. The van der Waals surface area contributed by atoms with E-state index in [4.69, 9.17) is 0 Å². The first-order valence-electron chi connectivity index (χ1n) is 11.7. The van der Waals surface area contributed by atoms with Crippen LogP contribution in [0.1, 0.15) is 5.56 Å². The molecule has 0 spiro atoms. The van der Waals surface area contributed by atoms with Crippen LogP contribution in [0.3, 0.4) is 0 Å². The number of benzene rings is 5. The van der Waals surface area contributed by atoms with Gasteiger partial charge in [0.25, 0.3) is 0 Å². The van der Waals surface area contributed by atoms with Crippen LogP contribution in [-0.2, 0) is 0 Å². The maximum absolute atomic E-state index is 4.57. The van der Waals surface area contributed by atoms with E-state index in [2.05, 4.69) is 137 Å². The number of hydrogen-bond donors (Lipinski definition) is 0. The van der Waals surface area contributed by atoms with Gasteiger partial charge < -0.3 is 9.47 Å². The summed E-state index contributed by atoms with van der Waals surface area (Å²) in [6, 6.07) is 43.2. The first-order chi connectivity index (χ1) is 17.3. The Kier molecular flexibility index (Phi) is 4.58. The van der Waals surface area contributed by atoms with Crippen molar-refractivity contribution in [1.82, 2.24) is 4.57 Å². The van der Waals surface area contributed by atoms with Gasteiger partial charge >= 0.3 is 0 Å². The van der Waals surface area contributed by atoms with Crippen LogP contribution in [-0.4, -0.2) is 4.57 Å². The molecule has 0 radical (unpaired) electrons. The van der Waals surface area contributed by atoms with Crippen molar-refractivity contribution in [1.29, 1.82) is 0 Å². The molecule has 0 amide bonds. The summed E-state index contributed by atoms with van der Waals surface area (Å²) < 4.78 is 2.36. The molecule has 0 saturated heterocycles. The molecule has 0 bridgehead atoms. The summed E-state index contributed by atoms with van der Waals surface area (Å²) >= 11 is 1.80. The predicted octanol–water partition coefficient (Wildman–Crippen LogP) is 9.06. The largest absolute Gasteiger partial charge is 0.309 e. The summed E-state index contributed by atoms with van der Waals surface area (Å²) in [5, 5.41) is 2.53. The maximum Gasteiger partial charge on any atom is 0.0601 e. The third kappa shape index (κ3) is 3.13. The van der Waals surface area contributed by atoms with E-state index in [-0.39, 0.29) is 0 Å². The molecule has 1 aliphatic rings. The van der Waals surface area contributed by atoms with Crippen molar-refractivity contribution < 1.29 is 0 Å². The van der Waals surface area contributed by atoms with Crippen LogP contribution in [0.25, 0.3) is 33.2 Å². The fraction of sp³-hybridized carbons (Fsp3) is 0. The Morgan fingerprint density at radius 2 is 1.14 bits per heavy atom. The molecule has 7 rings (SSSR count). The van der Waals surface area contributed by atoms with Crippen molar-refractivity contribution in [2.24, 2.45) is 0 Å². The molecule has 0 aliphatic carbocycles. The highest BCUT2D eigenvalue weighted by molar-refractivity contribution is 7.99. The van der Waals surface area contributed by atoms with Gasteiger partial charge in [-0.15, -0.1) is 0 Å². The van der Waals surface area contributed by atoms with E-state index in [9.17, 15) is 0 Å². The zero-order valence-corrected chi connectivity index (χ0v) is 19.9. The highest BCUT2D eigenvalue weighted by Crippen LogP contribution is 2.48. The van der Waals surface area contributed by atoms with Gasteiger partial charge in [-0.2, -0.15) is 0 Å². The van der Waals surface area contributed by atoms with Crippen molar-refractivity contribution in [3.05, 3.63) is 133 Å². The molecule has 0 atom stereocenters. The molecular weight excluding hydrogens is 444 g/mol. The average Bonchev–Trinajstić information content (AvgIpc) is 3.18. The van der Waals surface area contributed by atoms with Crippen LogP contribution in [0.15, 0.2) is 138 Å². The lowest BCUT2D eigenvalue weighted by atomic mass is 10.1. The van der Waals surface area contributed by atoms with Gasteiger partial charge in [0.2, 0.25) is 0 Å². The van der Waals surface area contributed by atoms with Crippen LogP contribution in [0, 0.1) is 0 Å². The molecule has 0 saturated carbocycles. The Hall–Kier alpha value is -4.21. The van der Waals surface area contributed by atoms with Gasteiger partial charge in [0.1, 0.15) is 0 Å². The molecular formula is C32H22N2S. The molecule has 3 heteroatoms. The molecule has 1 aliphatic heterocycles. The fourth-order valence-electron chi connectivity index (χ4n) is 5.17. The zero-order chi connectivity index (χ0) is 23.4. The molecule has 0 fully saturated rings. The lowest BCUT2D eigenvalue weighted by molar-refractivity contribution is 1.17. The highest BCUT2D eigenvalue weighted by atomic mass is 32.2. The second kappa shape index (κ2) is 7.93. The van der Waals surface area contributed by atoms with Gasteiger partial charge in [0, 0.05) is 43.2 Å². The predicted molar refractivity (Wildman–Crippen MR) is 149 cm³/mol. The van der Waals surface area contributed by atoms with Crippen molar-refractivity contribution in [3.8, 4) is 5.69 Å². The normalized spacial score (nSPS) is 13.0. The van der Waals surface area contributed by atoms with Gasteiger partial charge in [0.15, 0.2) is 0 Å². The molecule has 5 aromatic carbocycles. The quantitative estimate of drug-likeness (QED) is 0.251. The minimum Gasteiger partial charge on any atom is -0.309 e. The molecule has 2 nitrogen and oxygen atoms in total. The Morgan fingerprint density at radius 3 is 1.91 bits per heavy atom. The highest BCUT2D eigenvalue weighted by Gasteiger charge is 2.24. The number of aromatic nitrogens is 1. The Morgan fingerprint density at radius 1 is 0.543 bits per heavy atom. The van der Waals surface area contributed by atoms with Gasteiger partial charge in [-0.1, -0.05) is 91.1 Å². The van der Waals surface area contributed by atoms with E-state index in [1.165, 1.54) is 31.6 Å². The first-order valence-corrected chi connectivity index (χ1v) is 12.6. The third-order valence-corrected chi connectivity index (χ3v) is 7.86. The molecule has 6 aromatic rings. The minimum atomic E-state index is 0.984. The van der Waals surface area contributed by atoms with Gasteiger partial charge in [-0.05, 0) is 48.5 Å². The lowest BCUT2D eigenvalue weighted by Gasteiger charge is -2.27. The van der Waals surface area contributed by atoms with Gasteiger partial charge in [-0.25, -0.2) is 0 Å². The van der Waals surface area contributed by atoms with Crippen LogP contribution < -0.4 is 4.90 Å². The van der Waals surface area contributed by atoms with E-state index >= 15 is 0 Å². The fourth-order valence-corrected chi connectivity index (χ4v) is 6.26. The SMILES string of the molecule is C=C1c2ccccc2Sc2ccccc2N1c1cccc(-n2c3ccccc3c3ccccc32)c1. The first kappa shape index (κ1) is 20.2. The Balaban J connectivity index is 1.47. The summed E-state index contributed by atoms with van der Waals surface area (Å²) in [5.74, 6) is 0. The summed E-state index contributed by atoms with van der Waals surface area (Å²) in [6.07, 6.45) is 0. The summed E-state index contributed by atoms with van der Waals surface area (Å²) in [6.45, 7) is 4.57. The number of nitrogens with zero attached hydrogens (tertiary/aromatic N) is 2. The number of anilines is 2. The average molecular weight is 467 g/mol. The van der Waals surface area contributed by atoms with E-state index in [0.29, 0.717) is 0 Å². The Bertz CT molecular complexity index is 1710. The van der Waals surface area contributed by atoms with Gasteiger partial charge in [0.05, 0.1) is 16.7 Å². The second-order valence-corrected chi connectivity index (χ2v) is 9.82. The zero-order valence-electron chi connectivity index (χ0n) is 19.1. The molecule has 2 heterocycles. The third-order valence-electron chi connectivity index (χ3n) is 6.72. The Labute approximate surface area is 208 Å². The number of fused-ring (bicyclic) bond motifs is 5. The van der Waals surface area contributed by atoms with Crippen LogP contribution in [0.2, 0.25) is 0 Å². The number of para-hydroxylation sites is 3. The topological polar surface area (TPSA) is 8.17 Å². The summed E-state index contributed by atoms with van der Waals surface area (Å²) in [4.78, 5) is 4.75. The monoisotopic (exact) mass is 466 g/mol. The van der Waals surface area contributed by atoms with Crippen LogP contribution in [0.4, 0.5) is 11.4 Å². The van der Waals surface area contributed by atoms with Crippen molar-refractivity contribution in [2.75, 3.05) is 4.90 Å². The molecule has 166 valence electrons. The maximum atomic E-state index is 4.57. The smallest absolute Gasteiger partial charge is 0.0601 e. The summed E-state index contributed by atoms with van der Waals surface area (Å²) in [7, 11) is 0. The van der Waals surface area contributed by atoms with Crippen molar-refractivity contribution in [3.63, 3.8) is 0 Å². The minimum absolute atomic E-state index is 0.984. The van der Waals surface area contributed by atoms with E-state index in [0.717, 1.165) is 28.3 Å². The molecule has 0 unspecified atom stereocenters. The number of hydrogen-bond acceptors (Lipinski definition) is 2. The van der Waals surface area contributed by atoms with Crippen LogP contribution in [0.5, 0.6) is 0 Å². The molecule has 1 aromatic heterocycles. The van der Waals surface area contributed by atoms with Crippen LogP contribution >= 0.6 is 11.8 Å². The van der Waals surface area contributed by atoms with E-state index < -0.39 is 0 Å². The van der Waals surface area contributed by atoms with E-state index in [1.807, 2.05) is 0 Å². The van der Waals surface area contributed by atoms with E-state index in [1.54, 1.807) is 11.8 Å². The second-order valence-electron chi connectivity index (χ2n) is 8.74. The lowest BCUT2D eigenvalue weighted by Crippen LogP contribution is -2.15. The van der Waals surface area contributed by atoms with Gasteiger partial charge in [-0.3, -0.25) is 0 Å². The molecule has 35 heavy (non-hydrogen) atoms. The standard InChI is InChI=1S/C32H22N2S/c1-22-25-13-4-8-19-31(25)35-32-20-9-7-18-30(32)33(22)23-11-10-12-24(21-23)34-28-16-5-2-14-26(28)27-15-3-6-17-29(27)34/h2-21H,1H2. The molecule has 0 N–H and O–H groups in total. The van der Waals surface area contributed by atoms with Crippen molar-refractivity contribution >= 4 is 50.6 Å².